The molecule has 1 heterocycles. The van der Waals surface area contributed by atoms with Gasteiger partial charge in [-0.1, -0.05) is 12.1 Å². The molecule has 0 fully saturated rings. The van der Waals surface area contributed by atoms with Crippen LogP contribution in [0.25, 0.3) is 0 Å². The number of nitrogens with zero attached hydrogens (tertiary/aromatic N) is 3. The summed E-state index contributed by atoms with van der Waals surface area (Å²) in [6.07, 6.45) is -0.213. The van der Waals surface area contributed by atoms with Gasteiger partial charge in [0.2, 0.25) is 0 Å². The summed E-state index contributed by atoms with van der Waals surface area (Å²) in [5, 5.41) is 9.37. The molecule has 6 nitrogen and oxygen atoms in total. The van der Waals surface area contributed by atoms with E-state index in [1.165, 1.54) is 6.07 Å². The Kier molecular flexibility index (Phi) is 7.65. The van der Waals surface area contributed by atoms with E-state index in [9.17, 15) is 4.39 Å². The predicted molar refractivity (Wildman–Crippen MR) is 106 cm³/mol. The summed E-state index contributed by atoms with van der Waals surface area (Å²) in [6.45, 7) is 5.62. The first-order valence-electron chi connectivity index (χ1n) is 8.54. The summed E-state index contributed by atoms with van der Waals surface area (Å²) in [4.78, 5) is 11.0. The highest BCUT2D eigenvalue weighted by Crippen LogP contribution is 2.18. The van der Waals surface area contributed by atoms with Crippen molar-refractivity contribution in [1.29, 1.82) is 0 Å². The van der Waals surface area contributed by atoms with Crippen LogP contribution in [0.3, 0.4) is 0 Å². The number of thiazole rings is 1. The standard InChI is InChI=1S/C18H26FN5OS/c1-5-20-17(22-11-14-12-26-18(23-14)24(3)4)21-10-13(2)25-16-9-7-6-8-15(16)19/h6-9,12-13H,5,10-11H2,1-4H3,(H2,20,21,22). The van der Waals surface area contributed by atoms with Gasteiger partial charge in [-0.25, -0.2) is 14.4 Å². The zero-order valence-corrected chi connectivity index (χ0v) is 16.4. The molecule has 0 radical (unpaired) electrons. The van der Waals surface area contributed by atoms with Gasteiger partial charge >= 0.3 is 0 Å². The number of para-hydroxylation sites is 1. The molecule has 0 spiro atoms. The van der Waals surface area contributed by atoms with Crippen LogP contribution in [0, 0.1) is 5.82 Å². The fourth-order valence-electron chi connectivity index (χ4n) is 2.12. The van der Waals surface area contributed by atoms with Gasteiger partial charge in [0.15, 0.2) is 22.7 Å². The first kappa shape index (κ1) is 20.0. The van der Waals surface area contributed by atoms with Crippen LogP contribution in [0.1, 0.15) is 19.5 Å². The lowest BCUT2D eigenvalue weighted by Crippen LogP contribution is -2.41. The van der Waals surface area contributed by atoms with Gasteiger partial charge in [-0.2, -0.15) is 0 Å². The molecule has 0 bridgehead atoms. The Morgan fingerprint density at radius 1 is 1.35 bits per heavy atom. The maximum atomic E-state index is 13.6. The number of aliphatic imine (C=N–C) groups is 1. The van der Waals surface area contributed by atoms with Crippen molar-refractivity contribution < 1.29 is 9.13 Å². The highest BCUT2D eigenvalue weighted by atomic mass is 32.1. The minimum atomic E-state index is -0.361. The van der Waals surface area contributed by atoms with Crippen molar-refractivity contribution in [3.63, 3.8) is 0 Å². The van der Waals surface area contributed by atoms with Crippen LogP contribution in [0.4, 0.5) is 9.52 Å². The monoisotopic (exact) mass is 379 g/mol. The molecule has 2 N–H and O–H groups in total. The first-order valence-corrected chi connectivity index (χ1v) is 9.42. The minimum absolute atomic E-state index is 0.213. The number of hydrogen-bond acceptors (Lipinski definition) is 5. The van der Waals surface area contributed by atoms with Gasteiger partial charge in [-0.15, -0.1) is 11.3 Å². The molecule has 0 saturated carbocycles. The van der Waals surface area contributed by atoms with Gasteiger partial charge in [0.05, 0.1) is 18.8 Å². The number of benzene rings is 1. The second-order valence-corrected chi connectivity index (χ2v) is 6.79. The maximum absolute atomic E-state index is 13.6. The zero-order chi connectivity index (χ0) is 18.9. The van der Waals surface area contributed by atoms with Gasteiger partial charge in [0, 0.05) is 26.0 Å². The maximum Gasteiger partial charge on any atom is 0.191 e. The van der Waals surface area contributed by atoms with E-state index in [2.05, 4.69) is 20.6 Å². The fraction of sp³-hybridized carbons (Fsp3) is 0.444. The van der Waals surface area contributed by atoms with Crippen LogP contribution < -0.4 is 20.3 Å². The summed E-state index contributed by atoms with van der Waals surface area (Å²) >= 11 is 1.59. The molecule has 0 aliphatic carbocycles. The van der Waals surface area contributed by atoms with Crippen molar-refractivity contribution in [3.05, 3.63) is 41.2 Å². The summed E-state index contributed by atoms with van der Waals surface area (Å²) in [5.41, 5.74) is 0.923. The van der Waals surface area contributed by atoms with Crippen molar-refractivity contribution in [3.8, 4) is 5.75 Å². The molecule has 26 heavy (non-hydrogen) atoms. The number of hydrogen-bond donors (Lipinski definition) is 2. The molecular formula is C18H26FN5OS. The lowest BCUT2D eigenvalue weighted by Gasteiger charge is -2.17. The van der Waals surface area contributed by atoms with E-state index in [4.69, 9.17) is 4.74 Å². The molecule has 1 aromatic carbocycles. The molecule has 0 amide bonds. The van der Waals surface area contributed by atoms with Crippen molar-refractivity contribution in [2.45, 2.75) is 26.5 Å². The van der Waals surface area contributed by atoms with Crippen LogP contribution in [-0.4, -0.2) is 44.2 Å². The van der Waals surface area contributed by atoms with Gasteiger partial charge in [0.1, 0.15) is 6.10 Å². The average molecular weight is 380 g/mol. The number of guanidine groups is 1. The van der Waals surface area contributed by atoms with Crippen LogP contribution in [0.2, 0.25) is 0 Å². The van der Waals surface area contributed by atoms with Gasteiger partial charge in [-0.05, 0) is 26.0 Å². The SMILES string of the molecule is CCNC(=NCc1csc(N(C)C)n1)NCC(C)Oc1ccccc1F. The second kappa shape index (κ2) is 9.96. The smallest absolute Gasteiger partial charge is 0.191 e. The summed E-state index contributed by atoms with van der Waals surface area (Å²) in [5.74, 6) is 0.568. The van der Waals surface area contributed by atoms with E-state index >= 15 is 0 Å². The number of halogens is 1. The predicted octanol–water partition coefficient (Wildman–Crippen LogP) is 2.87. The molecule has 1 aromatic heterocycles. The molecule has 1 atom stereocenters. The molecule has 0 aliphatic rings. The normalized spacial score (nSPS) is 12.6. The van der Waals surface area contributed by atoms with Crippen molar-refractivity contribution in [2.75, 3.05) is 32.1 Å². The van der Waals surface area contributed by atoms with E-state index in [1.807, 2.05) is 38.2 Å². The Hall–Kier alpha value is -2.35. The molecule has 0 aliphatic heterocycles. The third-order valence-corrected chi connectivity index (χ3v) is 4.44. The van der Waals surface area contributed by atoms with Crippen molar-refractivity contribution >= 4 is 22.4 Å². The van der Waals surface area contributed by atoms with E-state index in [0.717, 1.165) is 17.4 Å². The van der Waals surface area contributed by atoms with Crippen LogP contribution in [0.5, 0.6) is 5.75 Å². The largest absolute Gasteiger partial charge is 0.486 e. The Balaban J connectivity index is 1.89. The number of nitrogens with one attached hydrogen (secondary N) is 2. The zero-order valence-electron chi connectivity index (χ0n) is 15.6. The van der Waals surface area contributed by atoms with Crippen LogP contribution in [0.15, 0.2) is 34.6 Å². The van der Waals surface area contributed by atoms with E-state index in [0.29, 0.717) is 19.0 Å². The summed E-state index contributed by atoms with van der Waals surface area (Å²) in [7, 11) is 3.93. The third kappa shape index (κ3) is 6.18. The Morgan fingerprint density at radius 2 is 2.12 bits per heavy atom. The minimum Gasteiger partial charge on any atom is -0.486 e. The number of aromatic nitrogens is 1. The fourth-order valence-corrected chi connectivity index (χ4v) is 2.86. The van der Waals surface area contributed by atoms with Gasteiger partial charge in [0.25, 0.3) is 0 Å². The van der Waals surface area contributed by atoms with Crippen LogP contribution in [-0.2, 0) is 6.54 Å². The highest BCUT2D eigenvalue weighted by molar-refractivity contribution is 7.13. The second-order valence-electron chi connectivity index (χ2n) is 5.95. The van der Waals surface area contributed by atoms with Crippen molar-refractivity contribution in [2.24, 2.45) is 4.99 Å². The molecular weight excluding hydrogens is 353 g/mol. The Bertz CT molecular complexity index is 719. The molecule has 8 heteroatoms. The Labute approximate surface area is 158 Å². The third-order valence-electron chi connectivity index (χ3n) is 3.39. The van der Waals surface area contributed by atoms with E-state index in [1.54, 1.807) is 29.5 Å². The molecule has 2 aromatic rings. The van der Waals surface area contributed by atoms with Gasteiger partial charge in [-0.3, -0.25) is 0 Å². The lowest BCUT2D eigenvalue weighted by molar-refractivity contribution is 0.214. The van der Waals surface area contributed by atoms with E-state index < -0.39 is 0 Å². The van der Waals surface area contributed by atoms with Crippen molar-refractivity contribution in [1.82, 2.24) is 15.6 Å². The van der Waals surface area contributed by atoms with Crippen LogP contribution >= 0.6 is 11.3 Å². The Morgan fingerprint density at radius 3 is 2.77 bits per heavy atom. The van der Waals surface area contributed by atoms with E-state index in [-0.39, 0.29) is 17.7 Å². The number of ether oxygens (including phenoxy) is 1. The summed E-state index contributed by atoms with van der Waals surface area (Å²) in [6, 6.07) is 6.40. The molecule has 142 valence electrons. The highest BCUT2D eigenvalue weighted by Gasteiger charge is 2.09. The summed E-state index contributed by atoms with van der Waals surface area (Å²) < 4.78 is 19.3. The first-order chi connectivity index (χ1) is 12.5. The molecule has 0 saturated heterocycles. The number of anilines is 1. The topological polar surface area (TPSA) is 61.8 Å². The number of rotatable bonds is 8. The van der Waals surface area contributed by atoms with Gasteiger partial charge < -0.3 is 20.3 Å². The molecule has 2 rings (SSSR count). The average Bonchev–Trinajstić information content (AvgIpc) is 3.09. The lowest BCUT2D eigenvalue weighted by atomic mass is 10.3. The quantitative estimate of drug-likeness (QED) is 0.546. The molecule has 1 unspecified atom stereocenters.